The van der Waals surface area contributed by atoms with E-state index in [4.69, 9.17) is 5.84 Å². The molecule has 4 N–H and O–H groups in total. The van der Waals surface area contributed by atoms with Crippen molar-refractivity contribution in [1.29, 1.82) is 0 Å². The number of nitrogens with one attached hydrogen (secondary N) is 1. The molecule has 0 saturated carbocycles. The molecule has 21 heavy (non-hydrogen) atoms. The van der Waals surface area contributed by atoms with Crippen LogP contribution in [0, 0.1) is 5.92 Å². The van der Waals surface area contributed by atoms with Gasteiger partial charge in [-0.1, -0.05) is 6.92 Å². The molecule has 0 aromatic carbocycles. The minimum atomic E-state index is -0.242. The molecule has 116 valence electrons. The minimum Gasteiger partial charge on any atom is -0.393 e. The standard InChI is InChI=1S/C13H23N7O/c1-9-8-20(7-4-10(9)21)13-16-11(18-14)15-12(17-13)19-5-2-3-6-19/h9-10,21H,2-8,14H2,1H3,(H,15,16,17,18). The van der Waals surface area contributed by atoms with E-state index in [9.17, 15) is 5.11 Å². The summed E-state index contributed by atoms with van der Waals surface area (Å²) >= 11 is 0. The van der Waals surface area contributed by atoms with Gasteiger partial charge in [-0.25, -0.2) is 5.84 Å². The highest BCUT2D eigenvalue weighted by molar-refractivity contribution is 5.45. The summed E-state index contributed by atoms with van der Waals surface area (Å²) in [6, 6.07) is 0. The Hall–Kier alpha value is -1.67. The minimum absolute atomic E-state index is 0.208. The van der Waals surface area contributed by atoms with Gasteiger partial charge in [-0.2, -0.15) is 15.0 Å². The molecule has 0 aliphatic carbocycles. The Morgan fingerprint density at radius 1 is 1.10 bits per heavy atom. The maximum absolute atomic E-state index is 9.85. The number of hydrazine groups is 1. The molecule has 2 atom stereocenters. The van der Waals surface area contributed by atoms with Crippen LogP contribution in [0.1, 0.15) is 26.2 Å². The average molecular weight is 293 g/mol. The van der Waals surface area contributed by atoms with Crippen LogP contribution in [0.3, 0.4) is 0 Å². The van der Waals surface area contributed by atoms with E-state index in [1.165, 1.54) is 12.8 Å². The van der Waals surface area contributed by atoms with Gasteiger partial charge >= 0.3 is 0 Å². The maximum Gasteiger partial charge on any atom is 0.243 e. The number of aliphatic hydroxyl groups is 1. The Labute approximate surface area is 124 Å². The van der Waals surface area contributed by atoms with Crippen molar-refractivity contribution in [2.75, 3.05) is 41.4 Å². The van der Waals surface area contributed by atoms with Crippen molar-refractivity contribution in [2.45, 2.75) is 32.3 Å². The highest BCUT2D eigenvalue weighted by Crippen LogP contribution is 2.24. The van der Waals surface area contributed by atoms with E-state index in [0.717, 1.165) is 32.6 Å². The van der Waals surface area contributed by atoms with E-state index >= 15 is 0 Å². The maximum atomic E-state index is 9.85. The number of nitrogen functional groups attached to an aromatic ring is 1. The number of piperidine rings is 1. The summed E-state index contributed by atoms with van der Waals surface area (Å²) in [6.45, 7) is 5.49. The molecule has 0 amide bonds. The van der Waals surface area contributed by atoms with Gasteiger partial charge in [-0.15, -0.1) is 0 Å². The van der Waals surface area contributed by atoms with Gasteiger partial charge in [-0.3, -0.25) is 5.43 Å². The molecular formula is C13H23N7O. The van der Waals surface area contributed by atoms with Crippen LogP contribution in [-0.4, -0.2) is 52.3 Å². The number of aromatic nitrogens is 3. The first-order valence-corrected chi connectivity index (χ1v) is 7.58. The number of nitrogens with zero attached hydrogens (tertiary/aromatic N) is 5. The Morgan fingerprint density at radius 2 is 1.76 bits per heavy atom. The molecule has 3 rings (SSSR count). The van der Waals surface area contributed by atoms with E-state index in [-0.39, 0.29) is 12.0 Å². The lowest BCUT2D eigenvalue weighted by Crippen LogP contribution is -2.43. The zero-order chi connectivity index (χ0) is 14.8. The number of aliphatic hydroxyl groups excluding tert-OH is 1. The third kappa shape index (κ3) is 3.01. The van der Waals surface area contributed by atoms with Crippen molar-refractivity contribution in [1.82, 2.24) is 15.0 Å². The van der Waals surface area contributed by atoms with E-state index in [2.05, 4.69) is 30.2 Å². The fourth-order valence-corrected chi connectivity index (χ4v) is 2.93. The normalized spacial score (nSPS) is 26.2. The van der Waals surface area contributed by atoms with Crippen molar-refractivity contribution in [2.24, 2.45) is 11.8 Å². The topological polar surface area (TPSA) is 103 Å². The van der Waals surface area contributed by atoms with Gasteiger partial charge in [0.05, 0.1) is 6.10 Å². The molecule has 8 heteroatoms. The molecule has 3 heterocycles. The molecule has 2 saturated heterocycles. The van der Waals surface area contributed by atoms with Crippen molar-refractivity contribution in [3.05, 3.63) is 0 Å². The first-order valence-electron chi connectivity index (χ1n) is 7.58. The smallest absolute Gasteiger partial charge is 0.243 e. The third-order valence-electron chi connectivity index (χ3n) is 4.27. The van der Waals surface area contributed by atoms with Gasteiger partial charge in [0, 0.05) is 26.2 Å². The summed E-state index contributed by atoms with van der Waals surface area (Å²) in [7, 11) is 0. The Bertz CT molecular complexity index is 491. The summed E-state index contributed by atoms with van der Waals surface area (Å²) in [4.78, 5) is 17.6. The first-order chi connectivity index (χ1) is 10.2. The van der Waals surface area contributed by atoms with Crippen molar-refractivity contribution < 1.29 is 5.11 Å². The van der Waals surface area contributed by atoms with E-state index in [0.29, 0.717) is 17.8 Å². The van der Waals surface area contributed by atoms with E-state index < -0.39 is 0 Å². The molecule has 8 nitrogen and oxygen atoms in total. The molecule has 2 aliphatic rings. The Morgan fingerprint density at radius 3 is 2.38 bits per heavy atom. The Balaban J connectivity index is 1.85. The zero-order valence-electron chi connectivity index (χ0n) is 12.4. The molecular weight excluding hydrogens is 270 g/mol. The van der Waals surface area contributed by atoms with Crippen LogP contribution in [0.5, 0.6) is 0 Å². The Kier molecular flexibility index (Phi) is 4.07. The van der Waals surface area contributed by atoms with E-state index in [1.807, 2.05) is 6.92 Å². The second-order valence-electron chi connectivity index (χ2n) is 5.88. The highest BCUT2D eigenvalue weighted by atomic mass is 16.3. The van der Waals surface area contributed by atoms with Crippen LogP contribution in [0.15, 0.2) is 0 Å². The van der Waals surface area contributed by atoms with Crippen LogP contribution in [0.25, 0.3) is 0 Å². The molecule has 2 fully saturated rings. The van der Waals surface area contributed by atoms with Gasteiger partial charge in [-0.05, 0) is 25.2 Å². The van der Waals surface area contributed by atoms with Gasteiger partial charge in [0.2, 0.25) is 17.8 Å². The molecule has 0 spiro atoms. The van der Waals surface area contributed by atoms with Crippen molar-refractivity contribution >= 4 is 17.8 Å². The van der Waals surface area contributed by atoms with Gasteiger partial charge < -0.3 is 14.9 Å². The summed E-state index contributed by atoms with van der Waals surface area (Å²) in [5.74, 6) is 7.41. The SMILES string of the molecule is CC1CN(c2nc(NN)nc(N3CCCC3)n2)CCC1O. The fraction of sp³-hybridized carbons (Fsp3) is 0.769. The number of hydrogen-bond donors (Lipinski definition) is 3. The van der Waals surface area contributed by atoms with Crippen LogP contribution in [0.2, 0.25) is 0 Å². The highest BCUT2D eigenvalue weighted by Gasteiger charge is 2.27. The van der Waals surface area contributed by atoms with Crippen molar-refractivity contribution in [3.8, 4) is 0 Å². The van der Waals surface area contributed by atoms with Crippen LogP contribution in [0.4, 0.5) is 17.8 Å². The van der Waals surface area contributed by atoms with Crippen molar-refractivity contribution in [3.63, 3.8) is 0 Å². The monoisotopic (exact) mass is 293 g/mol. The second-order valence-corrected chi connectivity index (χ2v) is 5.88. The zero-order valence-corrected chi connectivity index (χ0v) is 12.4. The van der Waals surface area contributed by atoms with Gasteiger partial charge in [0.15, 0.2) is 0 Å². The van der Waals surface area contributed by atoms with Gasteiger partial charge in [0.25, 0.3) is 0 Å². The molecule has 0 bridgehead atoms. The number of nitrogens with two attached hydrogens (primary N) is 1. The molecule has 2 unspecified atom stereocenters. The summed E-state index contributed by atoms with van der Waals surface area (Å²) < 4.78 is 0. The molecule has 0 radical (unpaired) electrons. The number of hydrogen-bond acceptors (Lipinski definition) is 8. The number of anilines is 3. The molecule has 1 aromatic heterocycles. The fourth-order valence-electron chi connectivity index (χ4n) is 2.93. The summed E-state index contributed by atoms with van der Waals surface area (Å²) in [6.07, 6.45) is 2.82. The van der Waals surface area contributed by atoms with E-state index in [1.54, 1.807) is 0 Å². The van der Waals surface area contributed by atoms with Gasteiger partial charge in [0.1, 0.15) is 0 Å². The third-order valence-corrected chi connectivity index (χ3v) is 4.27. The first kappa shape index (κ1) is 14.3. The number of rotatable bonds is 3. The lowest BCUT2D eigenvalue weighted by molar-refractivity contribution is 0.0966. The lowest BCUT2D eigenvalue weighted by Gasteiger charge is -2.34. The van der Waals surface area contributed by atoms with Crippen LogP contribution >= 0.6 is 0 Å². The largest absolute Gasteiger partial charge is 0.393 e. The predicted molar refractivity (Wildman–Crippen MR) is 81.1 cm³/mol. The summed E-state index contributed by atoms with van der Waals surface area (Å²) in [5, 5.41) is 9.85. The molecule has 1 aromatic rings. The molecule has 2 aliphatic heterocycles. The van der Waals surface area contributed by atoms with Crippen LogP contribution in [-0.2, 0) is 0 Å². The average Bonchev–Trinajstić information content (AvgIpc) is 3.04. The summed E-state index contributed by atoms with van der Waals surface area (Å²) in [5.41, 5.74) is 2.53. The quantitative estimate of drug-likeness (QED) is 0.527. The second kappa shape index (κ2) is 5.98. The lowest BCUT2D eigenvalue weighted by atomic mass is 9.97. The van der Waals surface area contributed by atoms with Crippen LogP contribution < -0.4 is 21.1 Å². The predicted octanol–water partition coefficient (Wildman–Crippen LogP) is -0.0355.